The molecule has 0 atom stereocenters. The smallest absolute Gasteiger partial charge is 0.115 e. The van der Waals surface area contributed by atoms with Crippen LogP contribution in [0.25, 0.3) is 22.4 Å². The van der Waals surface area contributed by atoms with Gasteiger partial charge in [0.15, 0.2) is 0 Å². The first kappa shape index (κ1) is 17.2. The number of benzene rings is 2. The second-order valence-electron chi connectivity index (χ2n) is 6.45. The van der Waals surface area contributed by atoms with Crippen LogP contribution >= 0.6 is 0 Å². The molecule has 0 aliphatic carbocycles. The van der Waals surface area contributed by atoms with Gasteiger partial charge in [-0.05, 0) is 47.7 Å². The van der Waals surface area contributed by atoms with Crippen molar-refractivity contribution in [1.82, 2.24) is 4.98 Å². The third kappa shape index (κ3) is 4.48. The number of hydrogen-bond acceptors (Lipinski definition) is 2. The summed E-state index contributed by atoms with van der Waals surface area (Å²) in [6.07, 6.45) is 8.22. The van der Waals surface area contributed by atoms with Crippen molar-refractivity contribution in [3.63, 3.8) is 0 Å². The van der Waals surface area contributed by atoms with Crippen LogP contribution in [-0.2, 0) is 6.42 Å². The molecule has 2 nitrogen and oxygen atoms in total. The van der Waals surface area contributed by atoms with Crippen molar-refractivity contribution in [2.75, 3.05) is 0 Å². The van der Waals surface area contributed by atoms with E-state index in [-0.39, 0.29) is 5.75 Å². The Hall–Kier alpha value is -2.61. The fourth-order valence-corrected chi connectivity index (χ4v) is 3.09. The fraction of sp³-hybridized carbons (Fsp3) is 0.261. The molecule has 1 N–H and O–H groups in total. The maximum Gasteiger partial charge on any atom is 0.115 e. The van der Waals surface area contributed by atoms with Crippen LogP contribution in [0.15, 0.2) is 66.9 Å². The largest absolute Gasteiger partial charge is 0.508 e. The van der Waals surface area contributed by atoms with E-state index < -0.39 is 0 Å². The topological polar surface area (TPSA) is 33.1 Å². The maximum absolute atomic E-state index is 9.51. The van der Waals surface area contributed by atoms with Crippen LogP contribution in [0.5, 0.6) is 5.75 Å². The zero-order valence-corrected chi connectivity index (χ0v) is 14.8. The zero-order valence-electron chi connectivity index (χ0n) is 14.8. The molecule has 0 aliphatic heterocycles. The van der Waals surface area contributed by atoms with E-state index in [1.807, 2.05) is 30.5 Å². The van der Waals surface area contributed by atoms with Crippen molar-refractivity contribution in [1.29, 1.82) is 0 Å². The van der Waals surface area contributed by atoms with Crippen molar-refractivity contribution in [3.8, 4) is 28.1 Å². The van der Waals surface area contributed by atoms with Gasteiger partial charge < -0.3 is 5.11 Å². The first-order valence-corrected chi connectivity index (χ1v) is 9.11. The van der Waals surface area contributed by atoms with Gasteiger partial charge in [-0.25, -0.2) is 0 Å². The molecule has 0 unspecified atom stereocenters. The number of phenolic OH excluding ortho intramolecular Hbond substituents is 1. The zero-order chi connectivity index (χ0) is 17.5. The number of aromatic hydroxyl groups is 1. The van der Waals surface area contributed by atoms with Crippen LogP contribution < -0.4 is 0 Å². The lowest BCUT2D eigenvalue weighted by atomic mass is 9.97. The molecule has 25 heavy (non-hydrogen) atoms. The Kier molecular flexibility index (Phi) is 5.84. The van der Waals surface area contributed by atoms with Crippen LogP contribution in [0, 0.1) is 0 Å². The molecule has 2 aromatic carbocycles. The van der Waals surface area contributed by atoms with Crippen molar-refractivity contribution < 1.29 is 5.11 Å². The van der Waals surface area contributed by atoms with E-state index in [1.165, 1.54) is 31.2 Å². The highest BCUT2D eigenvalue weighted by molar-refractivity contribution is 5.81. The SMILES string of the molecule is CCCCCCc1ccc(-c2ccccc2-c2ccc(O)cc2)nc1. The quantitative estimate of drug-likeness (QED) is 0.519. The average Bonchev–Trinajstić information content (AvgIpc) is 2.66. The second kappa shape index (κ2) is 8.48. The van der Waals surface area contributed by atoms with Crippen LogP contribution in [0.3, 0.4) is 0 Å². The molecule has 0 spiro atoms. The highest BCUT2D eigenvalue weighted by Crippen LogP contribution is 2.31. The number of aromatic nitrogens is 1. The van der Waals surface area contributed by atoms with Crippen molar-refractivity contribution in [2.45, 2.75) is 39.0 Å². The number of hydrogen-bond donors (Lipinski definition) is 1. The summed E-state index contributed by atoms with van der Waals surface area (Å²) in [7, 11) is 0. The number of unbranched alkanes of at least 4 members (excludes halogenated alkanes) is 3. The first-order chi connectivity index (χ1) is 12.3. The Morgan fingerprint density at radius 2 is 1.56 bits per heavy atom. The molecular weight excluding hydrogens is 306 g/mol. The summed E-state index contributed by atoms with van der Waals surface area (Å²) in [4.78, 5) is 4.70. The third-order valence-corrected chi connectivity index (χ3v) is 4.53. The van der Waals surface area contributed by atoms with Gasteiger partial charge in [0, 0.05) is 11.8 Å². The summed E-state index contributed by atoms with van der Waals surface area (Å²) >= 11 is 0. The minimum atomic E-state index is 0.284. The Balaban J connectivity index is 1.81. The predicted octanol–water partition coefficient (Wildman–Crippen LogP) is 6.24. The summed E-state index contributed by atoms with van der Waals surface area (Å²) in [6, 6.07) is 19.9. The molecule has 128 valence electrons. The Bertz CT molecular complexity index is 791. The Morgan fingerprint density at radius 1 is 0.800 bits per heavy atom. The number of nitrogens with zero attached hydrogens (tertiary/aromatic N) is 1. The van der Waals surface area contributed by atoms with Gasteiger partial charge in [-0.3, -0.25) is 4.98 Å². The third-order valence-electron chi connectivity index (χ3n) is 4.53. The standard InChI is InChI=1S/C23H25NO/c1-2-3-4-5-8-18-11-16-23(24-17-18)22-10-7-6-9-21(22)19-12-14-20(25)15-13-19/h6-7,9-17,25H,2-5,8H2,1H3. The van der Waals surface area contributed by atoms with Crippen molar-refractivity contribution >= 4 is 0 Å². The predicted molar refractivity (Wildman–Crippen MR) is 105 cm³/mol. The Morgan fingerprint density at radius 3 is 2.24 bits per heavy atom. The first-order valence-electron chi connectivity index (χ1n) is 9.11. The monoisotopic (exact) mass is 331 g/mol. The molecule has 2 heteroatoms. The van der Waals surface area contributed by atoms with Gasteiger partial charge in [0.2, 0.25) is 0 Å². The van der Waals surface area contributed by atoms with Gasteiger partial charge in [0.25, 0.3) is 0 Å². The molecule has 3 rings (SSSR count). The summed E-state index contributed by atoms with van der Waals surface area (Å²) in [5.41, 5.74) is 5.62. The molecule has 0 amide bonds. The van der Waals surface area contributed by atoms with Crippen LogP contribution in [0.2, 0.25) is 0 Å². The number of pyridine rings is 1. The van der Waals surface area contributed by atoms with Gasteiger partial charge in [0.1, 0.15) is 5.75 Å². The highest BCUT2D eigenvalue weighted by atomic mass is 16.3. The molecule has 1 heterocycles. The van der Waals surface area contributed by atoms with Crippen LogP contribution in [-0.4, -0.2) is 10.1 Å². The normalized spacial score (nSPS) is 10.8. The lowest BCUT2D eigenvalue weighted by molar-refractivity contribution is 0.475. The molecule has 0 aliphatic rings. The maximum atomic E-state index is 9.51. The fourth-order valence-electron chi connectivity index (χ4n) is 3.09. The van der Waals surface area contributed by atoms with E-state index in [9.17, 15) is 5.11 Å². The molecular formula is C23H25NO. The van der Waals surface area contributed by atoms with E-state index >= 15 is 0 Å². The number of aryl methyl sites for hydroxylation is 1. The molecule has 3 aromatic rings. The van der Waals surface area contributed by atoms with Gasteiger partial charge in [0.05, 0.1) is 5.69 Å². The number of rotatable bonds is 7. The lowest BCUT2D eigenvalue weighted by Crippen LogP contribution is -1.91. The van der Waals surface area contributed by atoms with E-state index in [0.717, 1.165) is 28.8 Å². The summed E-state index contributed by atoms with van der Waals surface area (Å²) in [5.74, 6) is 0.284. The second-order valence-corrected chi connectivity index (χ2v) is 6.45. The van der Waals surface area contributed by atoms with E-state index in [2.05, 4.69) is 31.2 Å². The summed E-state index contributed by atoms with van der Waals surface area (Å²) in [5, 5.41) is 9.51. The summed E-state index contributed by atoms with van der Waals surface area (Å²) in [6.45, 7) is 2.24. The van der Waals surface area contributed by atoms with Gasteiger partial charge in [-0.2, -0.15) is 0 Å². The van der Waals surface area contributed by atoms with Gasteiger partial charge in [-0.15, -0.1) is 0 Å². The Labute approximate surface area is 150 Å². The molecule has 0 saturated carbocycles. The highest BCUT2D eigenvalue weighted by Gasteiger charge is 2.08. The molecule has 0 bridgehead atoms. The van der Waals surface area contributed by atoms with E-state index in [4.69, 9.17) is 4.98 Å². The number of phenols is 1. The van der Waals surface area contributed by atoms with E-state index in [1.54, 1.807) is 12.1 Å². The molecule has 0 saturated heterocycles. The summed E-state index contributed by atoms with van der Waals surface area (Å²) < 4.78 is 0. The lowest BCUT2D eigenvalue weighted by Gasteiger charge is -2.10. The van der Waals surface area contributed by atoms with Crippen molar-refractivity contribution in [3.05, 3.63) is 72.4 Å². The minimum absolute atomic E-state index is 0.284. The van der Waals surface area contributed by atoms with Crippen molar-refractivity contribution in [2.24, 2.45) is 0 Å². The van der Waals surface area contributed by atoms with E-state index in [0.29, 0.717) is 0 Å². The molecule has 1 aromatic heterocycles. The van der Waals surface area contributed by atoms with Crippen LogP contribution in [0.1, 0.15) is 38.2 Å². The van der Waals surface area contributed by atoms with Gasteiger partial charge in [-0.1, -0.05) is 68.7 Å². The molecule has 0 radical (unpaired) electrons. The molecule has 0 fully saturated rings. The average molecular weight is 331 g/mol. The van der Waals surface area contributed by atoms with Crippen LogP contribution in [0.4, 0.5) is 0 Å². The van der Waals surface area contributed by atoms with Gasteiger partial charge >= 0.3 is 0 Å². The minimum Gasteiger partial charge on any atom is -0.508 e.